The zero-order valence-corrected chi connectivity index (χ0v) is 14.4. The van der Waals surface area contributed by atoms with Gasteiger partial charge in [0, 0.05) is 16.8 Å². The van der Waals surface area contributed by atoms with Crippen molar-refractivity contribution < 1.29 is 14.3 Å². The van der Waals surface area contributed by atoms with Crippen LogP contribution in [0.25, 0.3) is 0 Å². The Morgan fingerprint density at radius 2 is 1.50 bits per heavy atom. The SMILES string of the molecule is CCOC(=O)c1ccc(NC2c3ccccc3Oc3ccccc32)cc1. The third-order valence-corrected chi connectivity index (χ3v) is 4.39. The second-order valence-corrected chi connectivity index (χ2v) is 6.05. The molecule has 4 heteroatoms. The maximum absolute atomic E-state index is 11.8. The highest BCUT2D eigenvalue weighted by Crippen LogP contribution is 2.43. The number of esters is 1. The number of fused-ring (bicyclic) bond motifs is 2. The molecule has 3 aromatic rings. The summed E-state index contributed by atoms with van der Waals surface area (Å²) in [6.45, 7) is 2.17. The Morgan fingerprint density at radius 3 is 2.08 bits per heavy atom. The van der Waals surface area contributed by atoms with Gasteiger partial charge in [0.1, 0.15) is 11.5 Å². The standard InChI is InChI=1S/C22H19NO3/c1-2-25-22(24)15-11-13-16(14-12-15)23-21-17-7-3-5-9-19(17)26-20-10-6-4-8-18(20)21/h3-14,21,23H,2H2,1H3. The molecule has 0 atom stereocenters. The fourth-order valence-corrected chi connectivity index (χ4v) is 3.15. The van der Waals surface area contributed by atoms with Crippen LogP contribution in [-0.4, -0.2) is 12.6 Å². The molecule has 4 rings (SSSR count). The summed E-state index contributed by atoms with van der Waals surface area (Å²) >= 11 is 0. The van der Waals surface area contributed by atoms with E-state index in [1.807, 2.05) is 48.5 Å². The maximum Gasteiger partial charge on any atom is 0.338 e. The van der Waals surface area contributed by atoms with Crippen LogP contribution in [0.5, 0.6) is 11.5 Å². The van der Waals surface area contributed by atoms with E-state index in [-0.39, 0.29) is 12.0 Å². The molecule has 0 saturated carbocycles. The van der Waals surface area contributed by atoms with E-state index < -0.39 is 0 Å². The molecular formula is C22H19NO3. The van der Waals surface area contributed by atoms with Crippen molar-refractivity contribution in [1.82, 2.24) is 0 Å². The fraction of sp³-hybridized carbons (Fsp3) is 0.136. The minimum Gasteiger partial charge on any atom is -0.462 e. The van der Waals surface area contributed by atoms with E-state index in [2.05, 4.69) is 17.4 Å². The summed E-state index contributed by atoms with van der Waals surface area (Å²) in [5.41, 5.74) is 3.64. The van der Waals surface area contributed by atoms with Gasteiger partial charge in [-0.2, -0.15) is 0 Å². The van der Waals surface area contributed by atoms with E-state index in [0.717, 1.165) is 28.3 Å². The van der Waals surface area contributed by atoms with Crippen LogP contribution in [0.1, 0.15) is 34.5 Å². The largest absolute Gasteiger partial charge is 0.462 e. The fourth-order valence-electron chi connectivity index (χ4n) is 3.15. The van der Waals surface area contributed by atoms with Gasteiger partial charge in [-0.1, -0.05) is 36.4 Å². The van der Waals surface area contributed by atoms with Crippen LogP contribution in [0.15, 0.2) is 72.8 Å². The Balaban J connectivity index is 1.65. The lowest BCUT2D eigenvalue weighted by atomic mass is 9.94. The molecule has 130 valence electrons. The normalized spacial score (nSPS) is 12.5. The molecule has 3 aromatic carbocycles. The lowest BCUT2D eigenvalue weighted by Gasteiger charge is -2.29. The highest BCUT2D eigenvalue weighted by Gasteiger charge is 2.26. The van der Waals surface area contributed by atoms with Gasteiger partial charge in [-0.15, -0.1) is 0 Å². The van der Waals surface area contributed by atoms with Crippen molar-refractivity contribution in [2.45, 2.75) is 13.0 Å². The van der Waals surface area contributed by atoms with E-state index in [4.69, 9.17) is 9.47 Å². The first kappa shape index (κ1) is 16.2. The van der Waals surface area contributed by atoms with Gasteiger partial charge < -0.3 is 14.8 Å². The number of anilines is 1. The number of para-hydroxylation sites is 2. The minimum absolute atomic E-state index is 0.0235. The van der Waals surface area contributed by atoms with E-state index >= 15 is 0 Å². The van der Waals surface area contributed by atoms with Crippen molar-refractivity contribution in [3.8, 4) is 11.5 Å². The summed E-state index contributed by atoms with van der Waals surface area (Å²) in [4.78, 5) is 11.8. The van der Waals surface area contributed by atoms with Gasteiger partial charge in [-0.25, -0.2) is 4.79 Å². The minimum atomic E-state index is -0.305. The molecule has 26 heavy (non-hydrogen) atoms. The van der Waals surface area contributed by atoms with Crippen LogP contribution in [0.4, 0.5) is 5.69 Å². The molecule has 1 N–H and O–H groups in total. The van der Waals surface area contributed by atoms with Crippen molar-refractivity contribution in [1.29, 1.82) is 0 Å². The van der Waals surface area contributed by atoms with E-state index in [1.165, 1.54) is 0 Å². The highest BCUT2D eigenvalue weighted by molar-refractivity contribution is 5.89. The van der Waals surface area contributed by atoms with Crippen LogP contribution >= 0.6 is 0 Å². The summed E-state index contributed by atoms with van der Waals surface area (Å²) in [7, 11) is 0. The zero-order valence-electron chi connectivity index (χ0n) is 14.4. The molecule has 0 amide bonds. The molecule has 1 aliphatic rings. The smallest absolute Gasteiger partial charge is 0.338 e. The number of rotatable bonds is 4. The van der Waals surface area contributed by atoms with Gasteiger partial charge in [-0.3, -0.25) is 0 Å². The quantitative estimate of drug-likeness (QED) is 0.663. The number of benzene rings is 3. The van der Waals surface area contributed by atoms with E-state index in [0.29, 0.717) is 12.2 Å². The Morgan fingerprint density at radius 1 is 0.923 bits per heavy atom. The predicted molar refractivity (Wildman–Crippen MR) is 101 cm³/mol. The van der Waals surface area contributed by atoms with Crippen molar-refractivity contribution in [2.24, 2.45) is 0 Å². The first-order chi connectivity index (χ1) is 12.8. The van der Waals surface area contributed by atoms with Crippen molar-refractivity contribution in [3.63, 3.8) is 0 Å². The molecule has 1 heterocycles. The van der Waals surface area contributed by atoms with Crippen LogP contribution in [0.3, 0.4) is 0 Å². The number of hydrogen-bond donors (Lipinski definition) is 1. The molecule has 0 bridgehead atoms. The molecule has 4 nitrogen and oxygen atoms in total. The first-order valence-electron chi connectivity index (χ1n) is 8.65. The lowest BCUT2D eigenvalue weighted by molar-refractivity contribution is 0.0526. The molecular weight excluding hydrogens is 326 g/mol. The average Bonchev–Trinajstić information content (AvgIpc) is 2.68. The van der Waals surface area contributed by atoms with Crippen LogP contribution in [0, 0.1) is 0 Å². The molecule has 0 saturated heterocycles. The van der Waals surface area contributed by atoms with Gasteiger partial charge in [0.25, 0.3) is 0 Å². The number of carbonyl (C=O) groups is 1. The molecule has 0 fully saturated rings. The summed E-state index contributed by atoms with van der Waals surface area (Å²) in [6, 6.07) is 23.4. The number of carbonyl (C=O) groups excluding carboxylic acids is 1. The Labute approximate surface area is 152 Å². The van der Waals surface area contributed by atoms with Gasteiger partial charge in [-0.05, 0) is 43.3 Å². The summed E-state index contributed by atoms with van der Waals surface area (Å²) in [6.07, 6.45) is 0. The molecule has 1 aliphatic heterocycles. The molecule has 0 unspecified atom stereocenters. The maximum atomic E-state index is 11.8. The van der Waals surface area contributed by atoms with Crippen LogP contribution in [-0.2, 0) is 4.74 Å². The Kier molecular flexibility index (Phi) is 4.32. The van der Waals surface area contributed by atoms with Gasteiger partial charge in [0.2, 0.25) is 0 Å². The second-order valence-electron chi connectivity index (χ2n) is 6.05. The number of ether oxygens (including phenoxy) is 2. The molecule has 0 radical (unpaired) electrons. The summed E-state index contributed by atoms with van der Waals surface area (Å²) in [5.74, 6) is 1.40. The van der Waals surface area contributed by atoms with Crippen molar-refractivity contribution in [3.05, 3.63) is 89.5 Å². The zero-order chi connectivity index (χ0) is 17.9. The highest BCUT2D eigenvalue weighted by atomic mass is 16.5. The predicted octanol–water partition coefficient (Wildman–Crippen LogP) is 5.17. The third-order valence-electron chi connectivity index (χ3n) is 4.39. The van der Waals surface area contributed by atoms with Crippen molar-refractivity contribution >= 4 is 11.7 Å². The average molecular weight is 345 g/mol. The topological polar surface area (TPSA) is 47.6 Å². The van der Waals surface area contributed by atoms with Gasteiger partial charge in [0.15, 0.2) is 0 Å². The van der Waals surface area contributed by atoms with E-state index in [9.17, 15) is 4.79 Å². The monoisotopic (exact) mass is 345 g/mol. The van der Waals surface area contributed by atoms with Crippen molar-refractivity contribution in [2.75, 3.05) is 11.9 Å². The Hall–Kier alpha value is -3.27. The van der Waals surface area contributed by atoms with E-state index in [1.54, 1.807) is 19.1 Å². The third kappa shape index (κ3) is 3.02. The number of nitrogens with one attached hydrogen (secondary N) is 1. The second kappa shape index (κ2) is 6.92. The Bertz CT molecular complexity index is 889. The van der Waals surface area contributed by atoms with Crippen LogP contribution < -0.4 is 10.1 Å². The van der Waals surface area contributed by atoms with Crippen LogP contribution in [0.2, 0.25) is 0 Å². The molecule has 0 aromatic heterocycles. The van der Waals surface area contributed by atoms with Gasteiger partial charge >= 0.3 is 5.97 Å². The first-order valence-corrected chi connectivity index (χ1v) is 8.65. The molecule has 0 aliphatic carbocycles. The van der Waals surface area contributed by atoms with Gasteiger partial charge in [0.05, 0.1) is 18.2 Å². The lowest BCUT2D eigenvalue weighted by Crippen LogP contribution is -2.17. The summed E-state index contributed by atoms with van der Waals surface area (Å²) in [5, 5.41) is 3.56. The molecule has 0 spiro atoms. The summed E-state index contributed by atoms with van der Waals surface area (Å²) < 4.78 is 11.1. The number of hydrogen-bond acceptors (Lipinski definition) is 4.